The Morgan fingerprint density at radius 2 is 1.97 bits per heavy atom. The van der Waals surface area contributed by atoms with Crippen LogP contribution in [0.1, 0.15) is 29.3 Å². The fraction of sp³-hybridized carbons (Fsp3) is 0.318. The topological polar surface area (TPSA) is 106 Å². The predicted octanol–water partition coefficient (Wildman–Crippen LogP) is 4.34. The van der Waals surface area contributed by atoms with E-state index in [4.69, 9.17) is 25.8 Å². The van der Waals surface area contributed by atoms with E-state index in [1.807, 2.05) is 0 Å². The normalized spacial score (nSPS) is 11.6. The van der Waals surface area contributed by atoms with Gasteiger partial charge >= 0.3 is 12.1 Å². The summed E-state index contributed by atoms with van der Waals surface area (Å²) in [6.45, 7) is 2.51. The smallest absolute Gasteiger partial charge is 0.416 e. The molecule has 0 bridgehead atoms. The van der Waals surface area contributed by atoms with Crippen molar-refractivity contribution in [3.05, 3.63) is 52.9 Å². The number of nitrogens with zero attached hydrogens (tertiary/aromatic N) is 6. The van der Waals surface area contributed by atoms with Crippen molar-refractivity contribution in [2.24, 2.45) is 0 Å². The molecular weight excluding hydrogens is 505 g/mol. The van der Waals surface area contributed by atoms with Gasteiger partial charge in [-0.05, 0) is 25.1 Å². The molecule has 0 aliphatic heterocycles. The molecule has 0 N–H and O–H groups in total. The average molecular weight is 525 g/mol. The molecular formula is C22H20ClF3N6O4. The van der Waals surface area contributed by atoms with E-state index in [0.717, 1.165) is 12.1 Å². The first kappa shape index (κ1) is 25.2. The van der Waals surface area contributed by atoms with Gasteiger partial charge in [0.25, 0.3) is 5.95 Å². The van der Waals surface area contributed by atoms with Crippen molar-refractivity contribution in [1.82, 2.24) is 29.5 Å². The summed E-state index contributed by atoms with van der Waals surface area (Å²) < 4.78 is 57.2. The number of fused-ring (bicyclic) bond motifs is 1. The molecule has 0 aliphatic rings. The number of rotatable bonds is 9. The first-order chi connectivity index (χ1) is 17.2. The van der Waals surface area contributed by atoms with Crippen LogP contribution in [0.25, 0.3) is 17.0 Å². The number of hydrogen-bond acceptors (Lipinski definition) is 8. The van der Waals surface area contributed by atoms with Gasteiger partial charge in [0.1, 0.15) is 16.8 Å². The number of carbonyl (C=O) groups is 1. The lowest BCUT2D eigenvalue weighted by molar-refractivity contribution is -0.137. The molecule has 0 atom stereocenters. The first-order valence-electron chi connectivity index (χ1n) is 10.7. The fourth-order valence-corrected chi connectivity index (χ4v) is 3.55. The predicted molar refractivity (Wildman–Crippen MR) is 122 cm³/mol. The Morgan fingerprint density at radius 1 is 1.17 bits per heavy atom. The van der Waals surface area contributed by atoms with Crippen molar-refractivity contribution < 1.29 is 32.2 Å². The van der Waals surface area contributed by atoms with Crippen LogP contribution in [-0.2, 0) is 17.5 Å². The van der Waals surface area contributed by atoms with E-state index in [1.165, 1.54) is 36.4 Å². The molecule has 1 aromatic carbocycles. The number of esters is 1. The van der Waals surface area contributed by atoms with Gasteiger partial charge in [0.05, 0.1) is 48.9 Å². The van der Waals surface area contributed by atoms with Crippen molar-refractivity contribution in [3.63, 3.8) is 0 Å². The number of halogens is 4. The molecule has 4 aromatic rings. The summed E-state index contributed by atoms with van der Waals surface area (Å²) in [6, 6.07) is 2.93. The van der Waals surface area contributed by atoms with E-state index in [1.54, 1.807) is 11.6 Å². The van der Waals surface area contributed by atoms with E-state index >= 15 is 0 Å². The Bertz CT molecular complexity index is 1390. The lowest BCUT2D eigenvalue weighted by atomic mass is 10.2. The first-order valence-corrected chi connectivity index (χ1v) is 11.1. The van der Waals surface area contributed by atoms with Crippen LogP contribution in [-0.4, -0.2) is 55.8 Å². The second-order valence-electron chi connectivity index (χ2n) is 7.37. The number of benzene rings is 1. The number of aromatic nitrogens is 6. The van der Waals surface area contributed by atoms with Gasteiger partial charge < -0.3 is 14.2 Å². The summed E-state index contributed by atoms with van der Waals surface area (Å²) in [5, 5.41) is 8.31. The van der Waals surface area contributed by atoms with Crippen molar-refractivity contribution in [2.75, 3.05) is 20.3 Å². The minimum absolute atomic E-state index is 0.123. The number of ether oxygens (including phenoxy) is 3. The van der Waals surface area contributed by atoms with Gasteiger partial charge in [-0.15, -0.1) is 0 Å². The number of alkyl halides is 3. The molecule has 10 nitrogen and oxygen atoms in total. The maximum Gasteiger partial charge on any atom is 0.416 e. The Morgan fingerprint density at radius 3 is 2.67 bits per heavy atom. The van der Waals surface area contributed by atoms with E-state index in [2.05, 4.69) is 20.2 Å². The third kappa shape index (κ3) is 5.35. The molecule has 3 heterocycles. The molecule has 0 spiro atoms. The van der Waals surface area contributed by atoms with Crippen LogP contribution < -0.4 is 9.47 Å². The molecule has 0 saturated heterocycles. The third-order valence-corrected chi connectivity index (χ3v) is 5.26. The molecule has 36 heavy (non-hydrogen) atoms. The minimum atomic E-state index is -4.48. The summed E-state index contributed by atoms with van der Waals surface area (Å²) >= 11 is 5.92. The monoisotopic (exact) mass is 524 g/mol. The number of hydrogen-bond donors (Lipinski definition) is 0. The zero-order valence-electron chi connectivity index (χ0n) is 19.1. The van der Waals surface area contributed by atoms with E-state index < -0.39 is 17.7 Å². The molecule has 0 unspecified atom stereocenters. The van der Waals surface area contributed by atoms with Crippen LogP contribution >= 0.6 is 11.6 Å². The van der Waals surface area contributed by atoms with E-state index in [0.29, 0.717) is 24.0 Å². The molecule has 0 amide bonds. The largest absolute Gasteiger partial charge is 0.492 e. The minimum Gasteiger partial charge on any atom is -0.492 e. The third-order valence-electron chi connectivity index (χ3n) is 4.97. The van der Waals surface area contributed by atoms with E-state index in [-0.39, 0.29) is 41.4 Å². The van der Waals surface area contributed by atoms with Crippen molar-refractivity contribution in [2.45, 2.75) is 26.1 Å². The van der Waals surface area contributed by atoms with Crippen LogP contribution in [0.15, 0.2) is 36.8 Å². The van der Waals surface area contributed by atoms with Gasteiger partial charge in [-0.3, -0.25) is 4.68 Å². The molecule has 4 rings (SSSR count). The van der Waals surface area contributed by atoms with Crippen molar-refractivity contribution in [1.29, 1.82) is 0 Å². The van der Waals surface area contributed by atoms with Crippen LogP contribution in [0.5, 0.6) is 11.6 Å². The van der Waals surface area contributed by atoms with Gasteiger partial charge in [-0.2, -0.15) is 28.4 Å². The van der Waals surface area contributed by atoms with Gasteiger partial charge in [0.2, 0.25) is 5.88 Å². The second-order valence-corrected chi connectivity index (χ2v) is 7.78. The molecule has 0 fully saturated rings. The maximum atomic E-state index is 12.8. The van der Waals surface area contributed by atoms with Crippen LogP contribution in [0.3, 0.4) is 0 Å². The Kier molecular flexibility index (Phi) is 7.29. The summed E-state index contributed by atoms with van der Waals surface area (Å²) in [4.78, 5) is 20.7. The number of carbonyl (C=O) groups excluding carboxylic acids is 1. The van der Waals surface area contributed by atoms with Crippen LogP contribution in [0.4, 0.5) is 13.2 Å². The van der Waals surface area contributed by atoms with Gasteiger partial charge in [-0.25, -0.2) is 14.5 Å². The van der Waals surface area contributed by atoms with Gasteiger partial charge in [0.15, 0.2) is 0 Å². The van der Waals surface area contributed by atoms with Crippen molar-refractivity contribution >= 4 is 28.6 Å². The standard InChI is InChI=1S/C22H20ClF3N6O4/c1-3-35-20(33)13-10-27-32(12-13)21-29-16-11-28-31(18(16)19(30-21)34-2)7-4-8-36-17-6-5-14(9-15(17)23)22(24,25)26/h5-6,9-12H,3-4,7-8H2,1-2H3. The highest BCUT2D eigenvalue weighted by Gasteiger charge is 2.31. The summed E-state index contributed by atoms with van der Waals surface area (Å²) in [7, 11) is 1.45. The van der Waals surface area contributed by atoms with E-state index in [9.17, 15) is 18.0 Å². The maximum absolute atomic E-state index is 12.8. The quantitative estimate of drug-likeness (QED) is 0.235. The van der Waals surface area contributed by atoms with Crippen LogP contribution in [0.2, 0.25) is 5.02 Å². The zero-order chi connectivity index (χ0) is 25.9. The highest BCUT2D eigenvalue weighted by atomic mass is 35.5. The molecule has 190 valence electrons. The van der Waals surface area contributed by atoms with Gasteiger partial charge in [-0.1, -0.05) is 11.6 Å². The fourth-order valence-electron chi connectivity index (χ4n) is 3.31. The van der Waals surface area contributed by atoms with Crippen molar-refractivity contribution in [3.8, 4) is 17.6 Å². The Balaban J connectivity index is 1.45. The van der Waals surface area contributed by atoms with Gasteiger partial charge in [0, 0.05) is 19.2 Å². The SMILES string of the molecule is CCOC(=O)c1cnn(-c2nc(OC)c3c(cnn3CCCOc3ccc(C(F)(F)F)cc3Cl)n2)c1. The molecule has 14 heteroatoms. The molecule has 0 saturated carbocycles. The zero-order valence-corrected chi connectivity index (χ0v) is 19.9. The molecule has 3 aromatic heterocycles. The number of methoxy groups -OCH3 is 1. The Labute approximate surface area is 207 Å². The summed E-state index contributed by atoms with van der Waals surface area (Å²) in [5.74, 6) is 0.0634. The molecule has 0 aliphatic carbocycles. The Hall–Kier alpha value is -3.87. The average Bonchev–Trinajstić information content (AvgIpc) is 3.49. The highest BCUT2D eigenvalue weighted by molar-refractivity contribution is 6.32. The summed E-state index contributed by atoms with van der Waals surface area (Å²) in [6.07, 6.45) is 0.315. The number of aryl methyl sites for hydroxylation is 1. The summed E-state index contributed by atoms with van der Waals surface area (Å²) in [5.41, 5.74) is 0.424. The second kappa shape index (κ2) is 10.4. The lowest BCUT2D eigenvalue weighted by Crippen LogP contribution is -2.09. The highest BCUT2D eigenvalue weighted by Crippen LogP contribution is 2.34. The van der Waals surface area contributed by atoms with Crippen LogP contribution in [0, 0.1) is 0 Å². The lowest BCUT2D eigenvalue weighted by Gasteiger charge is -2.12. The molecule has 0 radical (unpaired) electrons.